The van der Waals surface area contributed by atoms with E-state index in [1.165, 1.54) is 5.56 Å². The molecule has 176 valence electrons. The Bertz CT molecular complexity index is 962. The zero-order chi connectivity index (χ0) is 22.8. The first-order chi connectivity index (χ1) is 16.1. The number of nitrogens with zero attached hydrogens (tertiary/aromatic N) is 4. The van der Waals surface area contributed by atoms with Crippen molar-refractivity contribution in [3.8, 4) is 0 Å². The van der Waals surface area contributed by atoms with Gasteiger partial charge in [0, 0.05) is 50.4 Å². The minimum absolute atomic E-state index is 0.00858. The maximum Gasteiger partial charge on any atom is 0.226 e. The molecule has 7 heteroatoms. The highest BCUT2D eigenvalue weighted by Gasteiger charge is 2.39. The molecule has 0 unspecified atom stereocenters. The van der Waals surface area contributed by atoms with Crippen LogP contribution in [0.3, 0.4) is 0 Å². The number of carbonyl (C=O) groups excluding carboxylic acids is 1. The van der Waals surface area contributed by atoms with Crippen LogP contribution in [0.5, 0.6) is 0 Å². The molecule has 7 nitrogen and oxygen atoms in total. The number of anilines is 1. The van der Waals surface area contributed by atoms with Crippen LogP contribution in [0.2, 0.25) is 0 Å². The van der Waals surface area contributed by atoms with Gasteiger partial charge in [-0.15, -0.1) is 0 Å². The lowest BCUT2D eigenvalue weighted by molar-refractivity contribution is -0.140. The van der Waals surface area contributed by atoms with Crippen molar-refractivity contribution < 1.29 is 9.53 Å². The van der Waals surface area contributed by atoms with Crippen molar-refractivity contribution in [3.05, 3.63) is 53.3 Å². The van der Waals surface area contributed by atoms with E-state index in [0.29, 0.717) is 12.0 Å². The second kappa shape index (κ2) is 9.77. The lowest BCUT2D eigenvalue weighted by Crippen LogP contribution is -2.48. The summed E-state index contributed by atoms with van der Waals surface area (Å²) >= 11 is 0. The Morgan fingerprint density at radius 2 is 1.91 bits per heavy atom. The number of nitrogens with one attached hydrogen (secondary N) is 1. The van der Waals surface area contributed by atoms with Gasteiger partial charge in [-0.3, -0.25) is 4.79 Å². The molecule has 1 aromatic heterocycles. The maximum atomic E-state index is 13.9. The molecule has 0 bridgehead atoms. The van der Waals surface area contributed by atoms with E-state index >= 15 is 0 Å². The van der Waals surface area contributed by atoms with Gasteiger partial charge in [-0.25, -0.2) is 9.97 Å². The number of carbonyl (C=O) groups is 1. The number of hydrogen-bond donors (Lipinski definition) is 1. The molecule has 1 amide bonds. The highest BCUT2D eigenvalue weighted by Crippen LogP contribution is 2.37. The van der Waals surface area contributed by atoms with Gasteiger partial charge in [-0.2, -0.15) is 0 Å². The number of piperidine rings is 1. The molecule has 2 fully saturated rings. The number of ether oxygens (including phenoxy) is 1. The molecule has 5 rings (SSSR count). The number of likely N-dealkylation sites (tertiary alicyclic amines) is 1. The van der Waals surface area contributed by atoms with E-state index < -0.39 is 0 Å². The summed E-state index contributed by atoms with van der Waals surface area (Å²) in [5.74, 6) is 1.17. The van der Waals surface area contributed by atoms with E-state index in [2.05, 4.69) is 58.3 Å². The van der Waals surface area contributed by atoms with Crippen LogP contribution in [0.4, 0.5) is 5.95 Å². The number of likely N-dealkylation sites (N-methyl/N-ethyl adjacent to an activating group) is 1. The standard InChI is InChI=1S/C26H35N5O2/c1-18-24-20(16-27-26(29-24)28-21-10-14-33-15-11-21)8-13-31(18)25(32)22-9-12-30(2)17-23(22)19-6-4-3-5-7-19/h3-7,16,18,21-23H,8-15,17H2,1-2H3,(H,27,28,29)/t18-,22-,23+/m0/s1. The monoisotopic (exact) mass is 449 g/mol. The highest BCUT2D eigenvalue weighted by atomic mass is 16.5. The average Bonchev–Trinajstić information content (AvgIpc) is 2.85. The third kappa shape index (κ3) is 4.75. The molecule has 1 aromatic carbocycles. The average molecular weight is 450 g/mol. The Kier molecular flexibility index (Phi) is 6.60. The van der Waals surface area contributed by atoms with Crippen molar-refractivity contribution in [2.24, 2.45) is 5.92 Å². The van der Waals surface area contributed by atoms with Gasteiger partial charge in [0.15, 0.2) is 0 Å². The first-order valence-corrected chi connectivity index (χ1v) is 12.3. The molecule has 33 heavy (non-hydrogen) atoms. The third-order valence-corrected chi connectivity index (χ3v) is 7.58. The fourth-order valence-corrected chi connectivity index (χ4v) is 5.61. The Labute approximate surface area is 196 Å². The number of fused-ring (bicyclic) bond motifs is 1. The summed E-state index contributed by atoms with van der Waals surface area (Å²) in [4.78, 5) is 27.8. The van der Waals surface area contributed by atoms with E-state index in [4.69, 9.17) is 9.72 Å². The fourth-order valence-electron chi connectivity index (χ4n) is 5.61. The van der Waals surface area contributed by atoms with Crippen LogP contribution in [0.15, 0.2) is 36.5 Å². The van der Waals surface area contributed by atoms with Crippen LogP contribution in [0, 0.1) is 5.92 Å². The molecule has 3 aliphatic rings. The Hall–Kier alpha value is -2.51. The first kappa shape index (κ1) is 22.3. The summed E-state index contributed by atoms with van der Waals surface area (Å²) in [5.41, 5.74) is 3.41. The number of hydrogen-bond acceptors (Lipinski definition) is 6. The van der Waals surface area contributed by atoms with Crippen molar-refractivity contribution in [2.45, 2.75) is 50.6 Å². The van der Waals surface area contributed by atoms with Crippen LogP contribution in [-0.2, 0) is 16.0 Å². The van der Waals surface area contributed by atoms with Crippen LogP contribution in [-0.4, -0.2) is 71.6 Å². The lowest BCUT2D eigenvalue weighted by Gasteiger charge is -2.42. The Morgan fingerprint density at radius 3 is 2.70 bits per heavy atom. The molecule has 2 aromatic rings. The number of rotatable bonds is 4. The van der Waals surface area contributed by atoms with Crippen molar-refractivity contribution in [2.75, 3.05) is 45.2 Å². The lowest BCUT2D eigenvalue weighted by atomic mass is 9.79. The summed E-state index contributed by atoms with van der Waals surface area (Å²) in [6.45, 7) is 6.28. The molecule has 1 N–H and O–H groups in total. The van der Waals surface area contributed by atoms with Crippen molar-refractivity contribution in [3.63, 3.8) is 0 Å². The molecule has 4 heterocycles. The summed E-state index contributed by atoms with van der Waals surface area (Å²) in [7, 11) is 2.15. The molecule has 0 radical (unpaired) electrons. The smallest absolute Gasteiger partial charge is 0.226 e. The SMILES string of the molecule is C[C@H]1c2nc(NC3CCOCC3)ncc2CCN1C(=O)[C@H]1CCN(C)C[C@@H]1c1ccccc1. The summed E-state index contributed by atoms with van der Waals surface area (Å²) < 4.78 is 5.46. The van der Waals surface area contributed by atoms with Gasteiger partial charge in [-0.05, 0) is 57.3 Å². The second-order valence-electron chi connectivity index (χ2n) is 9.77. The number of aromatic nitrogens is 2. The second-order valence-corrected chi connectivity index (χ2v) is 9.77. The summed E-state index contributed by atoms with van der Waals surface area (Å²) in [6.07, 6.45) is 5.59. The Morgan fingerprint density at radius 1 is 1.12 bits per heavy atom. The Balaban J connectivity index is 1.35. The van der Waals surface area contributed by atoms with Crippen molar-refractivity contribution >= 4 is 11.9 Å². The van der Waals surface area contributed by atoms with Gasteiger partial charge in [0.05, 0.1) is 11.7 Å². The number of amides is 1. The van der Waals surface area contributed by atoms with Gasteiger partial charge >= 0.3 is 0 Å². The van der Waals surface area contributed by atoms with Gasteiger partial charge < -0.3 is 19.9 Å². The van der Waals surface area contributed by atoms with E-state index in [1.807, 2.05) is 12.3 Å². The van der Waals surface area contributed by atoms with Crippen LogP contribution < -0.4 is 5.32 Å². The zero-order valence-corrected chi connectivity index (χ0v) is 19.7. The summed E-state index contributed by atoms with van der Waals surface area (Å²) in [6, 6.07) is 10.8. The normalized spacial score (nSPS) is 26.6. The quantitative estimate of drug-likeness (QED) is 0.773. The van der Waals surface area contributed by atoms with Crippen LogP contribution in [0.1, 0.15) is 55.0 Å². The third-order valence-electron chi connectivity index (χ3n) is 7.58. The van der Waals surface area contributed by atoms with Gasteiger partial charge in [0.25, 0.3) is 0 Å². The topological polar surface area (TPSA) is 70.6 Å². The van der Waals surface area contributed by atoms with Gasteiger partial charge in [0.1, 0.15) is 0 Å². The van der Waals surface area contributed by atoms with Crippen molar-refractivity contribution in [1.82, 2.24) is 19.8 Å². The molecule has 0 saturated carbocycles. The van der Waals surface area contributed by atoms with Crippen molar-refractivity contribution in [1.29, 1.82) is 0 Å². The van der Waals surface area contributed by atoms with Gasteiger partial charge in [0.2, 0.25) is 11.9 Å². The predicted molar refractivity (Wildman–Crippen MR) is 128 cm³/mol. The van der Waals surface area contributed by atoms with E-state index in [0.717, 1.165) is 69.8 Å². The molecule has 0 spiro atoms. The maximum absolute atomic E-state index is 13.9. The molecular weight excluding hydrogens is 414 g/mol. The first-order valence-electron chi connectivity index (χ1n) is 12.3. The summed E-state index contributed by atoms with van der Waals surface area (Å²) in [5, 5.41) is 3.48. The minimum atomic E-state index is -0.0458. The molecule has 3 aliphatic heterocycles. The zero-order valence-electron chi connectivity index (χ0n) is 19.7. The molecular formula is C26H35N5O2. The van der Waals surface area contributed by atoms with Gasteiger partial charge in [-0.1, -0.05) is 30.3 Å². The molecule has 3 atom stereocenters. The molecule has 0 aliphatic carbocycles. The highest BCUT2D eigenvalue weighted by molar-refractivity contribution is 5.81. The van der Waals surface area contributed by atoms with Crippen LogP contribution in [0.25, 0.3) is 0 Å². The largest absolute Gasteiger partial charge is 0.381 e. The van der Waals surface area contributed by atoms with E-state index in [9.17, 15) is 4.79 Å². The minimum Gasteiger partial charge on any atom is -0.381 e. The molecule has 2 saturated heterocycles. The number of benzene rings is 1. The van der Waals surface area contributed by atoms with E-state index in [1.54, 1.807) is 0 Å². The predicted octanol–water partition coefficient (Wildman–Crippen LogP) is 3.25. The van der Waals surface area contributed by atoms with E-state index in [-0.39, 0.29) is 23.8 Å². The van der Waals surface area contributed by atoms with Crippen LogP contribution >= 0.6 is 0 Å². The fraction of sp³-hybridized carbons (Fsp3) is 0.577.